The van der Waals surface area contributed by atoms with E-state index in [2.05, 4.69) is 16.0 Å². The fourth-order valence-electron chi connectivity index (χ4n) is 2.86. The molecule has 0 spiro atoms. The van der Waals surface area contributed by atoms with Crippen LogP contribution in [0.3, 0.4) is 0 Å². The van der Waals surface area contributed by atoms with Crippen molar-refractivity contribution in [3.8, 4) is 0 Å². The number of halogens is 4. The summed E-state index contributed by atoms with van der Waals surface area (Å²) in [6.07, 6.45) is -0.997. The predicted octanol–water partition coefficient (Wildman–Crippen LogP) is 5.32. The van der Waals surface area contributed by atoms with Gasteiger partial charge in [-0.1, -0.05) is 77.3 Å². The third-order valence-electron chi connectivity index (χ3n) is 4.24. The quantitative estimate of drug-likeness (QED) is 0.261. The van der Waals surface area contributed by atoms with Crippen molar-refractivity contribution in [2.45, 2.75) is 16.4 Å². The zero-order valence-corrected chi connectivity index (χ0v) is 18.5. The molecule has 1 amide bonds. The monoisotopic (exact) mass is 483 g/mol. The molecule has 0 bridgehead atoms. The lowest BCUT2D eigenvalue weighted by Crippen LogP contribution is -2.56. The summed E-state index contributed by atoms with van der Waals surface area (Å²) in [5, 5.41) is 10.4. The standard InChI is InChI=1S/C21H17Cl3FN3OS/c22-21(23,24)19(28-20(30)26-16-10-8-15(25)9-11-16)27-18(29)12-14-6-3-5-13-4-1-2-7-17(13)14/h1-11,19H,12H2,(H,27,29)(H2,26,28,30). The second kappa shape index (κ2) is 9.79. The number of anilines is 1. The van der Waals surface area contributed by atoms with Gasteiger partial charge in [-0.15, -0.1) is 0 Å². The number of carbonyl (C=O) groups excluding carboxylic acids is 1. The summed E-state index contributed by atoms with van der Waals surface area (Å²) in [4.78, 5) is 12.7. The summed E-state index contributed by atoms with van der Waals surface area (Å²) in [5.74, 6) is -0.723. The molecule has 0 saturated carbocycles. The lowest BCUT2D eigenvalue weighted by atomic mass is 10.0. The molecule has 0 aromatic heterocycles. The normalized spacial score (nSPS) is 12.3. The largest absolute Gasteiger partial charge is 0.339 e. The van der Waals surface area contributed by atoms with E-state index >= 15 is 0 Å². The van der Waals surface area contributed by atoms with Gasteiger partial charge in [0.25, 0.3) is 0 Å². The first-order valence-corrected chi connectivity index (χ1v) is 10.4. The SMILES string of the molecule is O=C(Cc1cccc2ccccc12)NC(NC(=S)Nc1ccc(F)cc1)C(Cl)(Cl)Cl. The van der Waals surface area contributed by atoms with E-state index in [4.69, 9.17) is 47.0 Å². The van der Waals surface area contributed by atoms with Crippen molar-refractivity contribution in [3.63, 3.8) is 0 Å². The second-order valence-electron chi connectivity index (χ2n) is 6.46. The molecule has 30 heavy (non-hydrogen) atoms. The van der Waals surface area contributed by atoms with Crippen molar-refractivity contribution in [2.24, 2.45) is 0 Å². The van der Waals surface area contributed by atoms with E-state index in [0.717, 1.165) is 16.3 Å². The number of hydrogen-bond donors (Lipinski definition) is 3. The first-order chi connectivity index (χ1) is 14.2. The molecule has 0 aliphatic rings. The number of fused-ring (bicyclic) bond motifs is 1. The highest BCUT2D eigenvalue weighted by Crippen LogP contribution is 2.29. The summed E-state index contributed by atoms with van der Waals surface area (Å²) in [5.41, 5.74) is 1.39. The smallest absolute Gasteiger partial charge is 0.228 e. The van der Waals surface area contributed by atoms with Gasteiger partial charge in [0.05, 0.1) is 6.42 Å². The molecule has 1 unspecified atom stereocenters. The van der Waals surface area contributed by atoms with Crippen LogP contribution in [0.2, 0.25) is 0 Å². The van der Waals surface area contributed by atoms with Crippen molar-refractivity contribution in [3.05, 3.63) is 78.1 Å². The lowest BCUT2D eigenvalue weighted by Gasteiger charge is -2.28. The van der Waals surface area contributed by atoms with Crippen LogP contribution in [-0.4, -0.2) is 21.0 Å². The van der Waals surface area contributed by atoms with Gasteiger partial charge in [0.2, 0.25) is 9.70 Å². The van der Waals surface area contributed by atoms with E-state index in [-0.39, 0.29) is 23.3 Å². The van der Waals surface area contributed by atoms with Crippen molar-refractivity contribution in [2.75, 3.05) is 5.32 Å². The summed E-state index contributed by atoms with van der Waals surface area (Å²) < 4.78 is 11.2. The number of alkyl halides is 3. The van der Waals surface area contributed by atoms with E-state index in [1.54, 1.807) is 0 Å². The highest BCUT2D eigenvalue weighted by Gasteiger charge is 2.34. The minimum atomic E-state index is -1.87. The van der Waals surface area contributed by atoms with E-state index in [1.807, 2.05) is 42.5 Å². The topological polar surface area (TPSA) is 53.2 Å². The second-order valence-corrected chi connectivity index (χ2v) is 9.24. The highest BCUT2D eigenvalue weighted by molar-refractivity contribution is 7.80. The van der Waals surface area contributed by atoms with Gasteiger partial charge in [-0.3, -0.25) is 4.79 Å². The number of benzene rings is 3. The number of thiocarbonyl (C=S) groups is 1. The zero-order chi connectivity index (χ0) is 21.7. The van der Waals surface area contributed by atoms with Gasteiger partial charge in [0.15, 0.2) is 5.11 Å². The van der Waals surface area contributed by atoms with Crippen molar-refractivity contribution in [1.82, 2.24) is 10.6 Å². The van der Waals surface area contributed by atoms with Gasteiger partial charge in [-0.2, -0.15) is 0 Å². The van der Waals surface area contributed by atoms with Crippen LogP contribution >= 0.6 is 47.0 Å². The average Bonchev–Trinajstić information content (AvgIpc) is 2.69. The molecule has 3 N–H and O–H groups in total. The van der Waals surface area contributed by atoms with Crippen LogP contribution in [0.5, 0.6) is 0 Å². The molecule has 1 atom stereocenters. The molecule has 3 aromatic rings. The maximum Gasteiger partial charge on any atom is 0.228 e. The Morgan fingerprint density at radius 3 is 2.33 bits per heavy atom. The van der Waals surface area contributed by atoms with E-state index < -0.39 is 9.96 Å². The number of rotatable bonds is 5. The molecular weight excluding hydrogens is 468 g/mol. The molecule has 156 valence electrons. The summed E-state index contributed by atoms with van der Waals surface area (Å²) in [6.45, 7) is 0. The van der Waals surface area contributed by atoms with Crippen LogP contribution in [0.25, 0.3) is 10.8 Å². The summed E-state index contributed by atoms with van der Waals surface area (Å²) in [7, 11) is 0. The third-order valence-corrected chi connectivity index (χ3v) is 5.12. The fourth-order valence-corrected chi connectivity index (χ4v) is 3.43. The Hall–Kier alpha value is -2.12. The molecule has 0 heterocycles. The van der Waals surface area contributed by atoms with Gasteiger partial charge in [-0.25, -0.2) is 4.39 Å². The number of hydrogen-bond acceptors (Lipinski definition) is 2. The van der Waals surface area contributed by atoms with E-state index in [9.17, 15) is 9.18 Å². The van der Waals surface area contributed by atoms with Crippen LogP contribution in [0, 0.1) is 5.82 Å². The van der Waals surface area contributed by atoms with Crippen LogP contribution < -0.4 is 16.0 Å². The first kappa shape index (κ1) is 22.6. The lowest BCUT2D eigenvalue weighted by molar-refractivity contribution is -0.121. The average molecular weight is 485 g/mol. The molecule has 0 radical (unpaired) electrons. The maximum absolute atomic E-state index is 13.0. The molecule has 9 heteroatoms. The number of carbonyl (C=O) groups is 1. The molecular formula is C21H17Cl3FN3OS. The molecule has 3 aromatic carbocycles. The summed E-state index contributed by atoms with van der Waals surface area (Å²) >= 11 is 23.3. The Morgan fingerprint density at radius 1 is 0.967 bits per heavy atom. The first-order valence-electron chi connectivity index (χ1n) is 8.88. The summed E-state index contributed by atoms with van der Waals surface area (Å²) in [6, 6.07) is 19.1. The molecule has 0 fully saturated rings. The van der Waals surface area contributed by atoms with Gasteiger partial charge in [-0.05, 0) is 52.8 Å². The van der Waals surface area contributed by atoms with Gasteiger partial charge in [0.1, 0.15) is 12.0 Å². The number of amides is 1. The van der Waals surface area contributed by atoms with Gasteiger partial charge in [0, 0.05) is 5.69 Å². The van der Waals surface area contributed by atoms with Crippen LogP contribution in [-0.2, 0) is 11.2 Å². The Kier molecular flexibility index (Phi) is 7.36. The maximum atomic E-state index is 13.0. The Morgan fingerprint density at radius 2 is 1.63 bits per heavy atom. The zero-order valence-electron chi connectivity index (χ0n) is 15.5. The minimum Gasteiger partial charge on any atom is -0.339 e. The van der Waals surface area contributed by atoms with Gasteiger partial charge >= 0.3 is 0 Å². The Bertz CT molecular complexity index is 1050. The third kappa shape index (κ3) is 6.19. The Balaban J connectivity index is 1.67. The van der Waals surface area contributed by atoms with Crippen molar-refractivity contribution in [1.29, 1.82) is 0 Å². The number of nitrogens with one attached hydrogen (secondary N) is 3. The molecule has 4 nitrogen and oxygen atoms in total. The predicted molar refractivity (Wildman–Crippen MR) is 126 cm³/mol. The van der Waals surface area contributed by atoms with Gasteiger partial charge < -0.3 is 16.0 Å². The van der Waals surface area contributed by atoms with E-state index in [1.165, 1.54) is 24.3 Å². The molecule has 0 saturated heterocycles. The van der Waals surface area contributed by atoms with E-state index in [0.29, 0.717) is 5.69 Å². The molecule has 3 rings (SSSR count). The van der Waals surface area contributed by atoms with Crippen molar-refractivity contribution < 1.29 is 9.18 Å². The molecule has 0 aliphatic heterocycles. The minimum absolute atomic E-state index is 0.0957. The Labute approximate surface area is 193 Å². The van der Waals surface area contributed by atoms with Crippen LogP contribution in [0.15, 0.2) is 66.7 Å². The highest BCUT2D eigenvalue weighted by atomic mass is 35.6. The van der Waals surface area contributed by atoms with Crippen molar-refractivity contribution >= 4 is 74.5 Å². The fraction of sp³-hybridized carbons (Fsp3) is 0.143. The molecule has 0 aliphatic carbocycles. The van der Waals surface area contributed by atoms with Crippen LogP contribution in [0.1, 0.15) is 5.56 Å². The van der Waals surface area contributed by atoms with Crippen LogP contribution in [0.4, 0.5) is 10.1 Å².